The fourth-order valence-electron chi connectivity index (χ4n) is 2.27. The quantitative estimate of drug-likeness (QED) is 0.762. The predicted octanol–water partition coefficient (Wildman–Crippen LogP) is 2.98. The second-order valence-electron chi connectivity index (χ2n) is 4.82. The number of nitrogens with one attached hydrogen (secondary N) is 1. The van der Waals surface area contributed by atoms with E-state index >= 15 is 0 Å². The van der Waals surface area contributed by atoms with Gasteiger partial charge in [-0.1, -0.05) is 19.1 Å². The molecule has 0 atom stereocenters. The normalized spacial score (nSPS) is 16.3. The highest BCUT2D eigenvalue weighted by molar-refractivity contribution is 7.99. The fraction of sp³-hybridized carbons (Fsp3) is 0.600. The van der Waals surface area contributed by atoms with Crippen molar-refractivity contribution in [1.29, 1.82) is 0 Å². The molecule has 1 aliphatic rings. The molecule has 1 aromatic rings. The van der Waals surface area contributed by atoms with Crippen LogP contribution in [0.3, 0.4) is 0 Å². The molecule has 2 rings (SSSR count). The lowest BCUT2D eigenvalue weighted by Gasteiger charge is -2.13. The van der Waals surface area contributed by atoms with Gasteiger partial charge in [0.05, 0.1) is 0 Å². The lowest BCUT2D eigenvalue weighted by molar-refractivity contribution is 0.362. The average Bonchev–Trinajstić information content (AvgIpc) is 2.91. The summed E-state index contributed by atoms with van der Waals surface area (Å²) in [5, 5.41) is 3.35. The standard InChI is InChI=1S/C15H24N2S/c1-2-16-13-14-5-7-15(8-6-14)18-12-11-17-9-3-4-10-17/h5-8,16H,2-4,9-13H2,1H3. The Labute approximate surface area is 115 Å². The zero-order valence-corrected chi connectivity index (χ0v) is 12.1. The molecule has 100 valence electrons. The highest BCUT2D eigenvalue weighted by Crippen LogP contribution is 2.19. The zero-order valence-electron chi connectivity index (χ0n) is 11.3. The maximum absolute atomic E-state index is 3.35. The summed E-state index contributed by atoms with van der Waals surface area (Å²) in [6, 6.07) is 8.98. The van der Waals surface area contributed by atoms with Gasteiger partial charge < -0.3 is 10.2 Å². The smallest absolute Gasteiger partial charge is 0.0205 e. The monoisotopic (exact) mass is 264 g/mol. The SMILES string of the molecule is CCNCc1ccc(SCCN2CCCC2)cc1. The first-order chi connectivity index (χ1) is 8.88. The van der Waals surface area contributed by atoms with E-state index in [1.807, 2.05) is 11.8 Å². The molecule has 2 nitrogen and oxygen atoms in total. The van der Waals surface area contributed by atoms with Crippen LogP contribution < -0.4 is 5.32 Å². The molecular weight excluding hydrogens is 240 g/mol. The fourth-order valence-corrected chi connectivity index (χ4v) is 3.19. The number of nitrogens with zero attached hydrogens (tertiary/aromatic N) is 1. The zero-order chi connectivity index (χ0) is 12.6. The van der Waals surface area contributed by atoms with Gasteiger partial charge in [0.15, 0.2) is 0 Å². The number of likely N-dealkylation sites (tertiary alicyclic amines) is 1. The Hall–Kier alpha value is -0.510. The molecule has 0 aliphatic carbocycles. The summed E-state index contributed by atoms with van der Waals surface area (Å²) >= 11 is 1.98. The Balaban J connectivity index is 1.68. The highest BCUT2D eigenvalue weighted by atomic mass is 32.2. The number of hydrogen-bond acceptors (Lipinski definition) is 3. The van der Waals surface area contributed by atoms with E-state index in [0.29, 0.717) is 0 Å². The molecule has 0 spiro atoms. The van der Waals surface area contributed by atoms with E-state index in [1.165, 1.54) is 48.7 Å². The van der Waals surface area contributed by atoms with Crippen LogP contribution in [0.15, 0.2) is 29.2 Å². The number of thioether (sulfide) groups is 1. The van der Waals surface area contributed by atoms with Gasteiger partial charge in [-0.3, -0.25) is 0 Å². The van der Waals surface area contributed by atoms with Crippen LogP contribution in [-0.2, 0) is 6.54 Å². The third kappa shape index (κ3) is 4.63. The molecule has 3 heteroatoms. The molecular formula is C15H24N2S. The van der Waals surface area contributed by atoms with Gasteiger partial charge in [-0.15, -0.1) is 11.8 Å². The largest absolute Gasteiger partial charge is 0.313 e. The molecule has 0 aromatic heterocycles. The third-order valence-corrected chi connectivity index (χ3v) is 4.37. The van der Waals surface area contributed by atoms with Gasteiger partial charge in [-0.25, -0.2) is 0 Å². The molecule has 0 unspecified atom stereocenters. The van der Waals surface area contributed by atoms with Gasteiger partial charge in [-0.2, -0.15) is 0 Å². The second-order valence-corrected chi connectivity index (χ2v) is 5.99. The van der Waals surface area contributed by atoms with Crippen LogP contribution in [-0.4, -0.2) is 36.8 Å². The van der Waals surface area contributed by atoms with Crippen molar-refractivity contribution in [2.45, 2.75) is 31.2 Å². The molecule has 1 fully saturated rings. The number of hydrogen-bond donors (Lipinski definition) is 1. The van der Waals surface area contributed by atoms with E-state index in [0.717, 1.165) is 13.1 Å². The average molecular weight is 264 g/mol. The lowest BCUT2D eigenvalue weighted by Crippen LogP contribution is -2.21. The Bertz CT molecular complexity index is 331. The van der Waals surface area contributed by atoms with E-state index in [2.05, 4.69) is 41.4 Å². The first-order valence-electron chi connectivity index (χ1n) is 7.03. The summed E-state index contributed by atoms with van der Waals surface area (Å²) < 4.78 is 0. The molecule has 18 heavy (non-hydrogen) atoms. The summed E-state index contributed by atoms with van der Waals surface area (Å²) in [5.74, 6) is 1.21. The van der Waals surface area contributed by atoms with Crippen LogP contribution in [0.5, 0.6) is 0 Å². The van der Waals surface area contributed by atoms with Crippen molar-refractivity contribution >= 4 is 11.8 Å². The summed E-state index contributed by atoms with van der Waals surface area (Å²) in [5.41, 5.74) is 1.38. The van der Waals surface area contributed by atoms with Crippen LogP contribution in [0.25, 0.3) is 0 Å². The van der Waals surface area contributed by atoms with Crippen LogP contribution in [0.2, 0.25) is 0 Å². The Kier molecular flexibility index (Phi) is 6.05. The molecule has 0 amide bonds. The summed E-state index contributed by atoms with van der Waals surface area (Å²) in [4.78, 5) is 3.97. The predicted molar refractivity (Wildman–Crippen MR) is 80.2 cm³/mol. The van der Waals surface area contributed by atoms with Crippen LogP contribution in [0, 0.1) is 0 Å². The van der Waals surface area contributed by atoms with E-state index in [4.69, 9.17) is 0 Å². The van der Waals surface area contributed by atoms with Gasteiger partial charge in [0.2, 0.25) is 0 Å². The van der Waals surface area contributed by atoms with Gasteiger partial charge in [0, 0.05) is 23.7 Å². The first-order valence-corrected chi connectivity index (χ1v) is 8.02. The summed E-state index contributed by atoms with van der Waals surface area (Å²) in [7, 11) is 0. The Morgan fingerprint density at radius 3 is 2.56 bits per heavy atom. The summed E-state index contributed by atoms with van der Waals surface area (Å²) in [6.07, 6.45) is 2.79. The van der Waals surface area contributed by atoms with Gasteiger partial charge in [0.1, 0.15) is 0 Å². The van der Waals surface area contributed by atoms with E-state index in [9.17, 15) is 0 Å². The molecule has 1 heterocycles. The number of benzene rings is 1. The second kappa shape index (κ2) is 7.82. The third-order valence-electron chi connectivity index (χ3n) is 3.38. The topological polar surface area (TPSA) is 15.3 Å². The minimum absolute atomic E-state index is 0.981. The summed E-state index contributed by atoms with van der Waals surface area (Å²) in [6.45, 7) is 8.01. The van der Waals surface area contributed by atoms with Crippen molar-refractivity contribution in [3.05, 3.63) is 29.8 Å². The van der Waals surface area contributed by atoms with Gasteiger partial charge >= 0.3 is 0 Å². The van der Waals surface area contributed by atoms with Crippen LogP contribution in [0.1, 0.15) is 25.3 Å². The van der Waals surface area contributed by atoms with E-state index in [-0.39, 0.29) is 0 Å². The van der Waals surface area contributed by atoms with Crippen molar-refractivity contribution in [1.82, 2.24) is 10.2 Å². The minimum atomic E-state index is 0.981. The van der Waals surface area contributed by atoms with Crippen molar-refractivity contribution in [3.63, 3.8) is 0 Å². The van der Waals surface area contributed by atoms with E-state index < -0.39 is 0 Å². The molecule has 1 saturated heterocycles. The van der Waals surface area contributed by atoms with Crippen molar-refractivity contribution in [2.75, 3.05) is 31.9 Å². The molecule has 1 N–H and O–H groups in total. The van der Waals surface area contributed by atoms with Crippen molar-refractivity contribution < 1.29 is 0 Å². The lowest BCUT2D eigenvalue weighted by atomic mass is 10.2. The first kappa shape index (κ1) is 13.9. The number of rotatable bonds is 7. The van der Waals surface area contributed by atoms with Crippen LogP contribution in [0.4, 0.5) is 0 Å². The van der Waals surface area contributed by atoms with E-state index in [1.54, 1.807) is 0 Å². The maximum atomic E-state index is 3.35. The van der Waals surface area contributed by atoms with Gasteiger partial charge in [-0.05, 0) is 50.2 Å². The van der Waals surface area contributed by atoms with Crippen LogP contribution >= 0.6 is 11.8 Å². The molecule has 0 radical (unpaired) electrons. The highest BCUT2D eigenvalue weighted by Gasteiger charge is 2.10. The van der Waals surface area contributed by atoms with Gasteiger partial charge in [0.25, 0.3) is 0 Å². The minimum Gasteiger partial charge on any atom is -0.313 e. The molecule has 1 aliphatic heterocycles. The molecule has 1 aromatic carbocycles. The molecule has 0 saturated carbocycles. The molecule has 0 bridgehead atoms. The van der Waals surface area contributed by atoms with Crippen molar-refractivity contribution in [3.8, 4) is 0 Å². The van der Waals surface area contributed by atoms with Crippen molar-refractivity contribution in [2.24, 2.45) is 0 Å². The maximum Gasteiger partial charge on any atom is 0.0205 e. The Morgan fingerprint density at radius 2 is 1.89 bits per heavy atom. The Morgan fingerprint density at radius 1 is 1.17 bits per heavy atom.